The van der Waals surface area contributed by atoms with Gasteiger partial charge in [-0.2, -0.15) is 0 Å². The summed E-state index contributed by atoms with van der Waals surface area (Å²) in [5.74, 6) is 1.35. The summed E-state index contributed by atoms with van der Waals surface area (Å²) in [6, 6.07) is 12.7. The predicted molar refractivity (Wildman–Crippen MR) is 106 cm³/mol. The number of methoxy groups -OCH3 is 1. The van der Waals surface area contributed by atoms with Gasteiger partial charge in [0.1, 0.15) is 18.1 Å². The zero-order valence-electron chi connectivity index (χ0n) is 15.3. The van der Waals surface area contributed by atoms with E-state index < -0.39 is 6.03 Å². The maximum absolute atomic E-state index is 12.1. The highest BCUT2D eigenvalue weighted by Gasteiger charge is 2.11. The van der Waals surface area contributed by atoms with E-state index in [0.717, 1.165) is 5.75 Å². The van der Waals surface area contributed by atoms with Crippen molar-refractivity contribution < 1.29 is 14.3 Å². The number of rotatable bonds is 6. The second kappa shape index (κ2) is 8.50. The van der Waals surface area contributed by atoms with Gasteiger partial charge in [0.2, 0.25) is 5.13 Å². The fourth-order valence-electron chi connectivity index (χ4n) is 2.31. The molecule has 0 bridgehead atoms. The number of urea groups is 1. The summed E-state index contributed by atoms with van der Waals surface area (Å²) in [7, 11) is 1.55. The van der Waals surface area contributed by atoms with Gasteiger partial charge in [-0.25, -0.2) is 4.79 Å². The van der Waals surface area contributed by atoms with Crippen LogP contribution in [0.15, 0.2) is 42.5 Å². The second-order valence-electron chi connectivity index (χ2n) is 5.82. The largest absolute Gasteiger partial charge is 0.495 e. The van der Waals surface area contributed by atoms with E-state index >= 15 is 0 Å². The molecule has 2 amide bonds. The van der Waals surface area contributed by atoms with E-state index in [1.807, 2.05) is 37.3 Å². The maximum Gasteiger partial charge on any atom is 0.325 e. The van der Waals surface area contributed by atoms with Gasteiger partial charge in [-0.3, -0.25) is 5.32 Å². The zero-order valence-corrected chi connectivity index (χ0v) is 16.1. The normalized spacial score (nSPS) is 10.3. The zero-order chi connectivity index (χ0) is 19.2. The monoisotopic (exact) mass is 384 g/mol. The van der Waals surface area contributed by atoms with E-state index in [1.165, 1.54) is 22.5 Å². The van der Waals surface area contributed by atoms with E-state index in [1.54, 1.807) is 19.2 Å². The van der Waals surface area contributed by atoms with Gasteiger partial charge in [-0.05, 0) is 49.2 Å². The summed E-state index contributed by atoms with van der Waals surface area (Å²) in [5, 5.41) is 14.5. The summed E-state index contributed by atoms with van der Waals surface area (Å²) >= 11 is 1.26. The average Bonchev–Trinajstić information content (AvgIpc) is 3.10. The molecule has 0 aliphatic carbocycles. The van der Waals surface area contributed by atoms with Crippen molar-refractivity contribution in [2.75, 3.05) is 17.7 Å². The molecule has 1 heterocycles. The van der Waals surface area contributed by atoms with Crippen molar-refractivity contribution in [3.8, 4) is 11.5 Å². The Hall–Kier alpha value is -3.13. The molecule has 0 spiro atoms. The van der Waals surface area contributed by atoms with Crippen LogP contribution in [0.2, 0.25) is 0 Å². The van der Waals surface area contributed by atoms with Gasteiger partial charge in [-0.1, -0.05) is 29.5 Å². The topological polar surface area (TPSA) is 85.4 Å². The van der Waals surface area contributed by atoms with Crippen molar-refractivity contribution >= 4 is 28.2 Å². The Labute approximate surface area is 161 Å². The molecule has 0 aliphatic rings. The van der Waals surface area contributed by atoms with Crippen molar-refractivity contribution in [2.24, 2.45) is 0 Å². The van der Waals surface area contributed by atoms with Crippen LogP contribution in [-0.2, 0) is 6.61 Å². The summed E-state index contributed by atoms with van der Waals surface area (Å²) in [6.45, 7) is 4.38. The Kier molecular flexibility index (Phi) is 5.87. The van der Waals surface area contributed by atoms with Crippen LogP contribution in [0, 0.1) is 13.8 Å². The Bertz CT molecular complexity index is 942. The van der Waals surface area contributed by atoms with E-state index in [2.05, 4.69) is 27.8 Å². The second-order valence-corrected chi connectivity index (χ2v) is 6.88. The van der Waals surface area contributed by atoms with Gasteiger partial charge in [0.05, 0.1) is 12.8 Å². The van der Waals surface area contributed by atoms with Crippen molar-refractivity contribution in [3.05, 3.63) is 58.6 Å². The number of amides is 2. The molecule has 0 saturated carbocycles. The fourth-order valence-corrected chi connectivity index (χ4v) is 2.96. The van der Waals surface area contributed by atoms with Gasteiger partial charge >= 0.3 is 6.03 Å². The molecule has 0 atom stereocenters. The number of carbonyl (C=O) groups is 1. The first-order chi connectivity index (χ1) is 13.0. The van der Waals surface area contributed by atoms with Crippen molar-refractivity contribution in [3.63, 3.8) is 0 Å². The molecule has 0 radical (unpaired) electrons. The molecule has 0 fully saturated rings. The minimum absolute atomic E-state index is 0.288. The van der Waals surface area contributed by atoms with Gasteiger partial charge in [0.25, 0.3) is 0 Å². The highest BCUT2D eigenvalue weighted by Crippen LogP contribution is 2.24. The van der Waals surface area contributed by atoms with Crippen LogP contribution < -0.4 is 20.1 Å². The van der Waals surface area contributed by atoms with Crippen LogP contribution >= 0.6 is 11.3 Å². The van der Waals surface area contributed by atoms with Crippen LogP contribution in [0.25, 0.3) is 0 Å². The van der Waals surface area contributed by atoms with Gasteiger partial charge < -0.3 is 14.8 Å². The molecule has 3 aromatic rings. The Balaban J connectivity index is 1.55. The quantitative estimate of drug-likeness (QED) is 0.658. The van der Waals surface area contributed by atoms with Gasteiger partial charge in [0, 0.05) is 0 Å². The molecule has 2 N–H and O–H groups in total. The fraction of sp³-hybridized carbons (Fsp3) is 0.211. The van der Waals surface area contributed by atoms with E-state index in [4.69, 9.17) is 9.47 Å². The first-order valence-electron chi connectivity index (χ1n) is 8.28. The maximum atomic E-state index is 12.1. The summed E-state index contributed by atoms with van der Waals surface area (Å²) in [4.78, 5) is 12.1. The standard InChI is InChI=1S/C19H20N4O3S/c1-12-8-9-14(10-13(12)2)26-11-17-22-23-19(27-17)21-18(24)20-15-6-4-5-7-16(15)25-3/h4-10H,11H2,1-3H3,(H2,20,21,23,24). The van der Waals surface area contributed by atoms with Crippen molar-refractivity contribution in [1.29, 1.82) is 0 Å². The molecule has 1 aromatic heterocycles. The predicted octanol–water partition coefficient (Wildman–Crippen LogP) is 4.39. The summed E-state index contributed by atoms with van der Waals surface area (Å²) < 4.78 is 10.9. The van der Waals surface area contributed by atoms with Crippen LogP contribution in [0.1, 0.15) is 16.1 Å². The molecule has 3 rings (SSSR count). The number of aromatic nitrogens is 2. The number of hydrogen-bond acceptors (Lipinski definition) is 6. The Morgan fingerprint density at radius 1 is 1.07 bits per heavy atom. The van der Waals surface area contributed by atoms with Gasteiger partial charge in [0.15, 0.2) is 5.01 Å². The first-order valence-corrected chi connectivity index (χ1v) is 9.10. The molecule has 8 heteroatoms. The van der Waals surface area contributed by atoms with E-state index in [0.29, 0.717) is 21.6 Å². The molecule has 0 aliphatic heterocycles. The SMILES string of the molecule is COc1ccccc1NC(=O)Nc1nnc(COc2ccc(C)c(C)c2)s1. The first kappa shape index (κ1) is 18.7. The van der Waals surface area contributed by atoms with E-state index in [9.17, 15) is 4.79 Å². The molecule has 0 unspecified atom stereocenters. The van der Waals surface area contributed by atoms with Crippen LogP contribution in [0.3, 0.4) is 0 Å². The number of ether oxygens (including phenoxy) is 2. The number of para-hydroxylation sites is 2. The number of hydrogen-bond donors (Lipinski definition) is 2. The number of nitrogens with one attached hydrogen (secondary N) is 2. The van der Waals surface area contributed by atoms with E-state index in [-0.39, 0.29) is 6.61 Å². The van der Waals surface area contributed by atoms with Crippen molar-refractivity contribution in [2.45, 2.75) is 20.5 Å². The van der Waals surface area contributed by atoms with Gasteiger partial charge in [-0.15, -0.1) is 10.2 Å². The number of anilines is 2. The molecule has 27 heavy (non-hydrogen) atoms. The average molecular weight is 384 g/mol. The molecular weight excluding hydrogens is 364 g/mol. The Morgan fingerprint density at radius 3 is 2.67 bits per heavy atom. The third kappa shape index (κ3) is 4.95. The minimum atomic E-state index is -0.419. The Morgan fingerprint density at radius 2 is 1.89 bits per heavy atom. The summed E-state index contributed by atoms with van der Waals surface area (Å²) in [5.41, 5.74) is 2.95. The van der Waals surface area contributed by atoms with Crippen LogP contribution in [0.4, 0.5) is 15.6 Å². The smallest absolute Gasteiger partial charge is 0.325 e. The molecule has 7 nitrogen and oxygen atoms in total. The third-order valence-corrected chi connectivity index (χ3v) is 4.70. The van der Waals surface area contributed by atoms with Crippen molar-refractivity contribution in [1.82, 2.24) is 10.2 Å². The molecule has 140 valence electrons. The lowest BCUT2D eigenvalue weighted by molar-refractivity contribution is 0.262. The third-order valence-electron chi connectivity index (χ3n) is 3.88. The lowest BCUT2D eigenvalue weighted by Gasteiger charge is -2.09. The molecule has 0 saturated heterocycles. The lowest BCUT2D eigenvalue weighted by Crippen LogP contribution is -2.19. The number of nitrogens with zero attached hydrogens (tertiary/aromatic N) is 2. The minimum Gasteiger partial charge on any atom is -0.495 e. The lowest BCUT2D eigenvalue weighted by atomic mass is 10.1. The number of carbonyl (C=O) groups excluding carboxylic acids is 1. The highest BCUT2D eigenvalue weighted by atomic mass is 32.1. The molecule has 2 aromatic carbocycles. The van der Waals surface area contributed by atoms with Crippen LogP contribution in [-0.4, -0.2) is 23.3 Å². The highest BCUT2D eigenvalue weighted by molar-refractivity contribution is 7.15. The number of benzene rings is 2. The summed E-state index contributed by atoms with van der Waals surface area (Å²) in [6.07, 6.45) is 0. The number of aryl methyl sites for hydroxylation is 2. The van der Waals surface area contributed by atoms with Crippen LogP contribution in [0.5, 0.6) is 11.5 Å². The molecular formula is C19H20N4O3S.